The molecule has 0 amide bonds. The van der Waals surface area contributed by atoms with E-state index in [-0.39, 0.29) is 11.2 Å². The van der Waals surface area contributed by atoms with Gasteiger partial charge in [-0.1, -0.05) is 30.0 Å². The Hall–Kier alpha value is -3.65. The van der Waals surface area contributed by atoms with E-state index in [2.05, 4.69) is 11.8 Å². The highest BCUT2D eigenvalue weighted by Gasteiger charge is 2.17. The largest absolute Gasteiger partial charge is 0.206 e. The first-order chi connectivity index (χ1) is 14.7. The fourth-order valence-corrected chi connectivity index (χ4v) is 3.51. The molecule has 0 spiro atoms. The molecule has 31 heavy (non-hydrogen) atoms. The van der Waals surface area contributed by atoms with Gasteiger partial charge in [0, 0.05) is 5.56 Å². The van der Waals surface area contributed by atoms with E-state index < -0.39 is 28.7 Å². The Morgan fingerprint density at radius 2 is 1.32 bits per heavy atom. The molecule has 154 valence electrons. The summed E-state index contributed by atoms with van der Waals surface area (Å²) in [5.74, 6) is -0.286. The number of benzene rings is 4. The molecule has 5 heteroatoms. The van der Waals surface area contributed by atoms with Crippen LogP contribution in [0.15, 0.2) is 54.6 Å². The standard InChI is InChI=1S/C26H15F5/c1-14-9-15(2)20(21(27)10-14)8-5-16-3-6-17(7-4-16)18-11-19-13-23(29)25(30)26(31)24(19)22(28)12-18/h3-4,6-7,9-13H,1-2H3. The minimum absolute atomic E-state index is 0.0828. The molecule has 0 atom stereocenters. The van der Waals surface area contributed by atoms with Crippen LogP contribution in [0.1, 0.15) is 22.3 Å². The van der Waals surface area contributed by atoms with Crippen molar-refractivity contribution in [1.82, 2.24) is 0 Å². The molecule has 0 bridgehead atoms. The SMILES string of the molecule is Cc1cc(C)c(C#Cc2ccc(-c3cc(F)c4c(F)c(F)c(F)cc4c3)cc2)c(F)c1. The maximum absolute atomic E-state index is 14.4. The van der Waals surface area contributed by atoms with Gasteiger partial charge in [-0.05, 0) is 77.9 Å². The van der Waals surface area contributed by atoms with Crippen molar-refractivity contribution >= 4 is 10.8 Å². The predicted octanol–water partition coefficient (Wildman–Crippen LogP) is 7.22. The minimum atomic E-state index is -1.71. The molecule has 0 aromatic heterocycles. The number of aryl methyl sites for hydroxylation is 2. The highest BCUT2D eigenvalue weighted by Crippen LogP contribution is 2.31. The third-order valence-electron chi connectivity index (χ3n) is 5.01. The molecule has 0 aliphatic rings. The zero-order valence-electron chi connectivity index (χ0n) is 16.6. The molecule has 0 N–H and O–H groups in total. The lowest BCUT2D eigenvalue weighted by Crippen LogP contribution is -1.95. The number of halogens is 5. The van der Waals surface area contributed by atoms with E-state index in [1.807, 2.05) is 6.07 Å². The van der Waals surface area contributed by atoms with Gasteiger partial charge >= 0.3 is 0 Å². The van der Waals surface area contributed by atoms with Crippen LogP contribution in [-0.4, -0.2) is 0 Å². The Kier molecular flexibility index (Phi) is 5.24. The summed E-state index contributed by atoms with van der Waals surface area (Å²) in [5.41, 5.74) is 3.44. The van der Waals surface area contributed by atoms with Crippen molar-refractivity contribution < 1.29 is 22.0 Å². The summed E-state index contributed by atoms with van der Waals surface area (Å²) >= 11 is 0. The molecule has 4 aromatic carbocycles. The Balaban J connectivity index is 1.70. The monoisotopic (exact) mass is 422 g/mol. The van der Waals surface area contributed by atoms with E-state index in [1.54, 1.807) is 38.1 Å². The summed E-state index contributed by atoms with van der Waals surface area (Å²) in [6, 6.07) is 13.2. The maximum Gasteiger partial charge on any atom is 0.195 e. The van der Waals surface area contributed by atoms with E-state index in [0.29, 0.717) is 22.3 Å². The zero-order valence-corrected chi connectivity index (χ0v) is 16.6. The summed E-state index contributed by atoms with van der Waals surface area (Å²) in [4.78, 5) is 0. The second-order valence-corrected chi connectivity index (χ2v) is 7.31. The molecule has 0 fully saturated rings. The zero-order chi connectivity index (χ0) is 22.3. The van der Waals surface area contributed by atoms with Gasteiger partial charge in [-0.3, -0.25) is 0 Å². The van der Waals surface area contributed by atoms with Gasteiger partial charge in [0.15, 0.2) is 17.5 Å². The minimum Gasteiger partial charge on any atom is -0.206 e. The van der Waals surface area contributed by atoms with Crippen LogP contribution in [0, 0.1) is 54.8 Å². The quantitative estimate of drug-likeness (QED) is 0.173. The molecule has 0 nitrogen and oxygen atoms in total. The molecule has 4 aromatic rings. The van der Waals surface area contributed by atoms with Gasteiger partial charge in [0.1, 0.15) is 11.6 Å². The number of rotatable bonds is 1. The lowest BCUT2D eigenvalue weighted by molar-refractivity contribution is 0.451. The van der Waals surface area contributed by atoms with Crippen LogP contribution in [0.3, 0.4) is 0 Å². The number of fused-ring (bicyclic) bond motifs is 1. The highest BCUT2D eigenvalue weighted by atomic mass is 19.2. The van der Waals surface area contributed by atoms with Crippen molar-refractivity contribution in [3.63, 3.8) is 0 Å². The summed E-state index contributed by atoms with van der Waals surface area (Å²) in [7, 11) is 0. The van der Waals surface area contributed by atoms with Crippen LogP contribution in [0.25, 0.3) is 21.9 Å². The van der Waals surface area contributed by atoms with Crippen molar-refractivity contribution in [3.05, 3.63) is 106 Å². The van der Waals surface area contributed by atoms with E-state index >= 15 is 0 Å². The van der Waals surface area contributed by atoms with Crippen molar-refractivity contribution in [2.24, 2.45) is 0 Å². The molecule has 0 aliphatic carbocycles. The second-order valence-electron chi connectivity index (χ2n) is 7.31. The Morgan fingerprint density at radius 1 is 0.613 bits per heavy atom. The first kappa shape index (κ1) is 20.6. The van der Waals surface area contributed by atoms with Crippen molar-refractivity contribution in [3.8, 4) is 23.0 Å². The molecule has 0 unspecified atom stereocenters. The molecule has 0 heterocycles. The fraction of sp³-hybridized carbons (Fsp3) is 0.0769. The van der Waals surface area contributed by atoms with E-state index in [4.69, 9.17) is 0 Å². The first-order valence-electron chi connectivity index (χ1n) is 9.40. The molecule has 0 saturated heterocycles. The highest BCUT2D eigenvalue weighted by molar-refractivity contribution is 5.88. The lowest BCUT2D eigenvalue weighted by Gasteiger charge is -2.08. The van der Waals surface area contributed by atoms with Gasteiger partial charge in [-0.15, -0.1) is 0 Å². The van der Waals surface area contributed by atoms with Crippen molar-refractivity contribution in [2.45, 2.75) is 13.8 Å². The Labute approximate surface area is 176 Å². The predicted molar refractivity (Wildman–Crippen MR) is 111 cm³/mol. The van der Waals surface area contributed by atoms with E-state index in [9.17, 15) is 22.0 Å². The first-order valence-corrected chi connectivity index (χ1v) is 9.40. The smallest absolute Gasteiger partial charge is 0.195 e. The van der Waals surface area contributed by atoms with Crippen LogP contribution in [-0.2, 0) is 0 Å². The number of hydrogen-bond donors (Lipinski definition) is 0. The van der Waals surface area contributed by atoms with Crippen LogP contribution in [0.4, 0.5) is 22.0 Å². The van der Waals surface area contributed by atoms with Gasteiger partial charge in [-0.25, -0.2) is 22.0 Å². The maximum atomic E-state index is 14.4. The molecule has 0 aliphatic heterocycles. The lowest BCUT2D eigenvalue weighted by atomic mass is 9.99. The van der Waals surface area contributed by atoms with Crippen LogP contribution < -0.4 is 0 Å². The average molecular weight is 422 g/mol. The van der Waals surface area contributed by atoms with Gasteiger partial charge < -0.3 is 0 Å². The second kappa shape index (κ2) is 7.88. The van der Waals surface area contributed by atoms with Gasteiger partial charge in [-0.2, -0.15) is 0 Å². The Morgan fingerprint density at radius 3 is 2.00 bits per heavy atom. The van der Waals surface area contributed by atoms with Gasteiger partial charge in [0.05, 0.1) is 10.9 Å². The van der Waals surface area contributed by atoms with E-state index in [1.165, 1.54) is 12.1 Å². The fourth-order valence-electron chi connectivity index (χ4n) is 3.51. The summed E-state index contributed by atoms with van der Waals surface area (Å²) in [6.07, 6.45) is 0. The summed E-state index contributed by atoms with van der Waals surface area (Å²) < 4.78 is 69.4. The van der Waals surface area contributed by atoms with Gasteiger partial charge in [0.2, 0.25) is 0 Å². The average Bonchev–Trinajstić information content (AvgIpc) is 2.71. The van der Waals surface area contributed by atoms with Crippen LogP contribution in [0.2, 0.25) is 0 Å². The van der Waals surface area contributed by atoms with Crippen molar-refractivity contribution in [1.29, 1.82) is 0 Å². The topological polar surface area (TPSA) is 0 Å². The Bertz CT molecular complexity index is 1370. The van der Waals surface area contributed by atoms with E-state index in [0.717, 1.165) is 23.3 Å². The van der Waals surface area contributed by atoms with Crippen molar-refractivity contribution in [2.75, 3.05) is 0 Å². The van der Waals surface area contributed by atoms with Crippen LogP contribution in [0.5, 0.6) is 0 Å². The molecule has 4 rings (SSSR count). The molecular formula is C26H15F5. The summed E-state index contributed by atoms with van der Waals surface area (Å²) in [5, 5.41) is -0.679. The normalized spacial score (nSPS) is 10.8. The third-order valence-corrected chi connectivity index (χ3v) is 5.01. The third kappa shape index (κ3) is 3.89. The van der Waals surface area contributed by atoms with Gasteiger partial charge in [0.25, 0.3) is 0 Å². The number of hydrogen-bond acceptors (Lipinski definition) is 0. The van der Waals surface area contributed by atoms with Crippen LogP contribution >= 0.6 is 0 Å². The molecule has 0 saturated carbocycles. The summed E-state index contributed by atoms with van der Waals surface area (Å²) in [6.45, 7) is 3.59. The molecular weight excluding hydrogens is 407 g/mol. The molecule has 0 radical (unpaired) electrons.